The molecule has 3 amide bonds. The molecule has 0 spiro atoms. The van der Waals surface area contributed by atoms with Crippen LogP contribution in [-0.4, -0.2) is 29.4 Å². The summed E-state index contributed by atoms with van der Waals surface area (Å²) < 4.78 is 39.3. The van der Waals surface area contributed by atoms with Crippen molar-refractivity contribution in [2.24, 2.45) is 0 Å². The van der Waals surface area contributed by atoms with E-state index < -0.39 is 34.8 Å². The largest absolute Gasteiger partial charge is 0.417 e. The first-order chi connectivity index (χ1) is 11.1. The van der Waals surface area contributed by atoms with Gasteiger partial charge in [-0.25, -0.2) is 9.69 Å². The summed E-state index contributed by atoms with van der Waals surface area (Å²) in [6.07, 6.45) is -4.06. The molecule has 0 aromatic heterocycles. The lowest BCUT2D eigenvalue weighted by molar-refractivity contribution is -0.137. The number of alkyl halides is 3. The van der Waals surface area contributed by atoms with Gasteiger partial charge in [-0.1, -0.05) is 13.8 Å². The van der Waals surface area contributed by atoms with Gasteiger partial charge in [-0.05, 0) is 31.0 Å². The summed E-state index contributed by atoms with van der Waals surface area (Å²) in [5.41, 5.74) is -2.98. The zero-order chi connectivity index (χ0) is 18.3. The Morgan fingerprint density at radius 1 is 1.21 bits per heavy atom. The number of benzene rings is 1. The van der Waals surface area contributed by atoms with Gasteiger partial charge in [0.1, 0.15) is 5.54 Å². The molecule has 1 aromatic carbocycles. The molecule has 1 saturated heterocycles. The number of carbonyl (C=O) groups is 2. The highest BCUT2D eigenvalue weighted by Gasteiger charge is 2.54. The molecule has 1 fully saturated rings. The molecule has 0 N–H and O–H groups in total. The van der Waals surface area contributed by atoms with Crippen molar-refractivity contribution >= 4 is 17.6 Å². The minimum absolute atomic E-state index is 0.188. The van der Waals surface area contributed by atoms with Crippen LogP contribution in [0.1, 0.15) is 37.8 Å². The van der Waals surface area contributed by atoms with Crippen LogP contribution in [0, 0.1) is 11.3 Å². The molecular weight excluding hydrogens is 323 g/mol. The Morgan fingerprint density at radius 2 is 1.79 bits per heavy atom. The van der Waals surface area contributed by atoms with Crippen LogP contribution < -0.4 is 4.90 Å². The molecule has 0 radical (unpaired) electrons. The standard InChI is InChI=1S/C16H16F3N3O2/c1-4-15(5-2)13(23)22(14(24)21(15)3)11-7-6-10(9-20)12(8-11)16(17,18)19/h6-8H,4-5H2,1-3H3. The Balaban J connectivity index is 2.59. The quantitative estimate of drug-likeness (QED) is 0.791. The molecule has 0 aliphatic carbocycles. The summed E-state index contributed by atoms with van der Waals surface area (Å²) in [5, 5.41) is 8.84. The summed E-state index contributed by atoms with van der Waals surface area (Å²) in [7, 11) is 1.46. The first-order valence-corrected chi connectivity index (χ1v) is 7.37. The van der Waals surface area contributed by atoms with Gasteiger partial charge < -0.3 is 4.90 Å². The normalized spacial score (nSPS) is 17.4. The minimum Gasteiger partial charge on any atom is -0.312 e. The summed E-state index contributed by atoms with van der Waals surface area (Å²) >= 11 is 0. The Kier molecular flexibility index (Phi) is 4.31. The van der Waals surface area contributed by atoms with Crippen molar-refractivity contribution in [3.8, 4) is 6.07 Å². The van der Waals surface area contributed by atoms with Crippen molar-refractivity contribution in [3.05, 3.63) is 29.3 Å². The number of urea groups is 1. The van der Waals surface area contributed by atoms with E-state index in [4.69, 9.17) is 5.26 Å². The SMILES string of the molecule is CCC1(CC)C(=O)N(c2ccc(C#N)c(C(F)(F)F)c2)C(=O)N1C. The number of anilines is 1. The molecule has 0 unspecified atom stereocenters. The highest BCUT2D eigenvalue weighted by Crippen LogP contribution is 2.39. The lowest BCUT2D eigenvalue weighted by atomic mass is 9.91. The predicted molar refractivity (Wildman–Crippen MR) is 80.1 cm³/mol. The van der Waals surface area contributed by atoms with Gasteiger partial charge in [0.05, 0.1) is 22.9 Å². The minimum atomic E-state index is -4.76. The number of likely N-dealkylation sites (N-methyl/N-ethyl adjacent to an activating group) is 1. The number of nitrogens with zero attached hydrogens (tertiary/aromatic N) is 3. The zero-order valence-electron chi connectivity index (χ0n) is 13.4. The maximum Gasteiger partial charge on any atom is 0.417 e. The molecule has 5 nitrogen and oxygen atoms in total. The lowest BCUT2D eigenvalue weighted by Crippen LogP contribution is -2.46. The molecule has 24 heavy (non-hydrogen) atoms. The topological polar surface area (TPSA) is 64.4 Å². The summed E-state index contributed by atoms with van der Waals surface area (Å²) in [4.78, 5) is 27.2. The van der Waals surface area contributed by atoms with Crippen LogP contribution in [0.3, 0.4) is 0 Å². The van der Waals surface area contributed by atoms with E-state index in [9.17, 15) is 22.8 Å². The van der Waals surface area contributed by atoms with E-state index in [2.05, 4.69) is 0 Å². The van der Waals surface area contributed by atoms with E-state index in [0.717, 1.165) is 11.0 Å². The van der Waals surface area contributed by atoms with Crippen LogP contribution in [0.4, 0.5) is 23.7 Å². The van der Waals surface area contributed by atoms with E-state index in [0.29, 0.717) is 18.9 Å². The molecule has 8 heteroatoms. The maximum atomic E-state index is 13.1. The molecule has 1 heterocycles. The first kappa shape index (κ1) is 17.8. The van der Waals surface area contributed by atoms with E-state index >= 15 is 0 Å². The third-order valence-electron chi connectivity index (χ3n) is 4.58. The van der Waals surface area contributed by atoms with Crippen LogP contribution in [0.5, 0.6) is 0 Å². The third kappa shape index (κ3) is 2.40. The van der Waals surface area contributed by atoms with Crippen molar-refractivity contribution in [1.29, 1.82) is 5.26 Å². The predicted octanol–water partition coefficient (Wildman–Crippen LogP) is 3.53. The summed E-state index contributed by atoms with van der Waals surface area (Å²) in [5.74, 6) is -0.558. The fourth-order valence-corrected chi connectivity index (χ4v) is 3.03. The number of nitriles is 1. The Bertz CT molecular complexity index is 733. The van der Waals surface area contributed by atoms with Crippen LogP contribution >= 0.6 is 0 Å². The molecular formula is C16H16F3N3O2. The number of carbonyl (C=O) groups excluding carboxylic acids is 2. The van der Waals surface area contributed by atoms with Crippen molar-refractivity contribution in [2.45, 2.75) is 38.4 Å². The molecule has 1 aliphatic rings. The maximum absolute atomic E-state index is 13.1. The van der Waals surface area contributed by atoms with Crippen molar-refractivity contribution in [3.63, 3.8) is 0 Å². The van der Waals surface area contributed by atoms with Crippen molar-refractivity contribution in [1.82, 2.24) is 4.90 Å². The second kappa shape index (κ2) is 5.82. The van der Waals surface area contributed by atoms with E-state index in [-0.39, 0.29) is 5.69 Å². The van der Waals surface area contributed by atoms with Gasteiger partial charge in [-0.15, -0.1) is 0 Å². The van der Waals surface area contributed by atoms with Crippen LogP contribution in [0.15, 0.2) is 18.2 Å². The number of amides is 3. The molecule has 128 valence electrons. The molecule has 0 atom stereocenters. The lowest BCUT2D eigenvalue weighted by Gasteiger charge is -2.30. The van der Waals surface area contributed by atoms with E-state index in [1.165, 1.54) is 24.1 Å². The Morgan fingerprint density at radius 3 is 2.21 bits per heavy atom. The van der Waals surface area contributed by atoms with Crippen LogP contribution in [-0.2, 0) is 11.0 Å². The zero-order valence-corrected chi connectivity index (χ0v) is 13.4. The van der Waals surface area contributed by atoms with Gasteiger partial charge in [0, 0.05) is 7.05 Å². The number of halogens is 3. The number of hydrogen-bond donors (Lipinski definition) is 0. The smallest absolute Gasteiger partial charge is 0.312 e. The first-order valence-electron chi connectivity index (χ1n) is 7.37. The van der Waals surface area contributed by atoms with Gasteiger partial charge in [0.15, 0.2) is 0 Å². The van der Waals surface area contributed by atoms with Gasteiger partial charge in [0.2, 0.25) is 0 Å². The van der Waals surface area contributed by atoms with Crippen molar-refractivity contribution in [2.75, 3.05) is 11.9 Å². The third-order valence-corrected chi connectivity index (χ3v) is 4.58. The van der Waals surface area contributed by atoms with Crippen LogP contribution in [0.2, 0.25) is 0 Å². The molecule has 2 rings (SSSR count). The second-order valence-electron chi connectivity index (χ2n) is 5.56. The van der Waals surface area contributed by atoms with Crippen molar-refractivity contribution < 1.29 is 22.8 Å². The van der Waals surface area contributed by atoms with Gasteiger partial charge in [-0.2, -0.15) is 18.4 Å². The summed E-state index contributed by atoms with van der Waals surface area (Å²) in [6.45, 7) is 3.49. The Hall–Kier alpha value is -2.56. The molecule has 1 aliphatic heterocycles. The van der Waals surface area contributed by atoms with Crippen LogP contribution in [0.25, 0.3) is 0 Å². The molecule has 1 aromatic rings. The fraction of sp³-hybridized carbons (Fsp3) is 0.438. The highest BCUT2D eigenvalue weighted by atomic mass is 19.4. The Labute approximate surface area is 137 Å². The number of hydrogen-bond acceptors (Lipinski definition) is 3. The summed E-state index contributed by atoms with van der Waals surface area (Å²) in [6, 6.07) is 3.61. The second-order valence-corrected chi connectivity index (χ2v) is 5.56. The highest BCUT2D eigenvalue weighted by molar-refractivity contribution is 6.23. The monoisotopic (exact) mass is 339 g/mol. The molecule has 0 saturated carbocycles. The van der Waals surface area contributed by atoms with Gasteiger partial charge in [0.25, 0.3) is 5.91 Å². The average Bonchev–Trinajstić information content (AvgIpc) is 2.73. The van der Waals surface area contributed by atoms with E-state index in [1.807, 2.05) is 0 Å². The molecule has 0 bridgehead atoms. The van der Waals surface area contributed by atoms with Gasteiger partial charge in [-0.3, -0.25) is 4.79 Å². The fourth-order valence-electron chi connectivity index (χ4n) is 3.03. The van der Waals surface area contributed by atoms with E-state index in [1.54, 1.807) is 13.8 Å². The average molecular weight is 339 g/mol. The van der Waals surface area contributed by atoms with Gasteiger partial charge >= 0.3 is 12.2 Å². The number of imide groups is 1. The number of rotatable bonds is 3.